The van der Waals surface area contributed by atoms with Crippen LogP contribution < -0.4 is 10.5 Å². The summed E-state index contributed by atoms with van der Waals surface area (Å²) in [6, 6.07) is 5.39. The van der Waals surface area contributed by atoms with Gasteiger partial charge < -0.3 is 20.3 Å². The van der Waals surface area contributed by atoms with Crippen molar-refractivity contribution in [1.29, 1.82) is 0 Å². The number of para-hydroxylation sites is 1. The number of primary amides is 1. The molecule has 2 rings (SSSR count). The zero-order valence-corrected chi connectivity index (χ0v) is 12.5. The summed E-state index contributed by atoms with van der Waals surface area (Å²) in [6.07, 6.45) is 0.0713. The second-order valence-corrected chi connectivity index (χ2v) is 5.30. The number of nitrogens with zero attached hydrogens (tertiary/aromatic N) is 2. The van der Waals surface area contributed by atoms with E-state index in [1.165, 1.54) is 17.0 Å². The first kappa shape index (κ1) is 16.2. The van der Waals surface area contributed by atoms with Crippen LogP contribution >= 0.6 is 0 Å². The van der Waals surface area contributed by atoms with Gasteiger partial charge in [0.2, 0.25) is 11.8 Å². The number of nitrogens with two attached hydrogens (primary N) is 1. The third-order valence-electron chi connectivity index (χ3n) is 3.64. The van der Waals surface area contributed by atoms with E-state index in [1.807, 2.05) is 11.9 Å². The summed E-state index contributed by atoms with van der Waals surface area (Å²) >= 11 is 0. The predicted octanol–water partition coefficient (Wildman–Crippen LogP) is 0.222. The number of hydrogen-bond acceptors (Lipinski definition) is 4. The summed E-state index contributed by atoms with van der Waals surface area (Å²) in [5.74, 6) is -1.09. The zero-order valence-electron chi connectivity index (χ0n) is 12.5. The molecule has 1 saturated heterocycles. The lowest BCUT2D eigenvalue weighted by atomic mass is 10.1. The third kappa shape index (κ3) is 3.94. The molecule has 0 aromatic heterocycles. The number of rotatable bonds is 5. The van der Waals surface area contributed by atoms with Crippen LogP contribution in [0.3, 0.4) is 0 Å². The maximum atomic E-state index is 13.4. The normalized spacial score (nSPS) is 19.0. The fraction of sp³-hybridized carbons (Fsp3) is 0.467. The molecule has 1 aliphatic heterocycles. The highest BCUT2D eigenvalue weighted by Gasteiger charge is 2.32. The van der Waals surface area contributed by atoms with Crippen molar-refractivity contribution in [3.05, 3.63) is 30.1 Å². The lowest BCUT2D eigenvalue weighted by Gasteiger charge is -2.38. The van der Waals surface area contributed by atoms with E-state index in [9.17, 15) is 14.0 Å². The van der Waals surface area contributed by atoms with Crippen molar-refractivity contribution in [2.24, 2.45) is 5.73 Å². The Morgan fingerprint density at radius 2 is 2.09 bits per heavy atom. The first-order valence-corrected chi connectivity index (χ1v) is 7.13. The number of likely N-dealkylation sites (N-methyl/N-ethyl adjacent to an activating group) is 1. The molecular weight excluding hydrogens is 289 g/mol. The van der Waals surface area contributed by atoms with Gasteiger partial charge in [0, 0.05) is 19.6 Å². The minimum atomic E-state index is -0.625. The minimum Gasteiger partial charge on any atom is -0.490 e. The smallest absolute Gasteiger partial charge is 0.241 e. The van der Waals surface area contributed by atoms with E-state index in [-0.39, 0.29) is 24.7 Å². The van der Waals surface area contributed by atoms with Crippen LogP contribution in [0.2, 0.25) is 0 Å². The fourth-order valence-corrected chi connectivity index (χ4v) is 2.42. The number of carbonyl (C=O) groups excluding carboxylic acids is 2. The topological polar surface area (TPSA) is 75.9 Å². The number of halogens is 1. The van der Waals surface area contributed by atoms with Crippen LogP contribution in [-0.4, -0.2) is 60.9 Å². The standard InChI is InChI=1S/C15H20FN3O3/c1-18-7-8-19(12(10-18)15(17)21)14(20)6-9-22-13-5-3-2-4-11(13)16/h2-5,12H,6-10H2,1H3,(H2,17,21)/t12-/m0/s1. The maximum Gasteiger partial charge on any atom is 0.241 e. The Bertz CT molecular complexity index is 553. The van der Waals surface area contributed by atoms with Crippen LogP contribution in [0.5, 0.6) is 5.75 Å². The number of amides is 2. The summed E-state index contributed by atoms with van der Waals surface area (Å²) in [6.45, 7) is 1.61. The van der Waals surface area contributed by atoms with E-state index in [4.69, 9.17) is 10.5 Å². The van der Waals surface area contributed by atoms with Gasteiger partial charge in [0.1, 0.15) is 6.04 Å². The second-order valence-electron chi connectivity index (χ2n) is 5.30. The van der Waals surface area contributed by atoms with E-state index in [0.717, 1.165) is 0 Å². The molecule has 1 aromatic rings. The molecule has 6 nitrogen and oxygen atoms in total. The molecular formula is C15H20FN3O3. The molecule has 1 heterocycles. The van der Waals surface area contributed by atoms with Gasteiger partial charge in [-0.1, -0.05) is 12.1 Å². The first-order chi connectivity index (χ1) is 10.5. The van der Waals surface area contributed by atoms with Crippen molar-refractivity contribution in [3.63, 3.8) is 0 Å². The maximum absolute atomic E-state index is 13.4. The number of piperazine rings is 1. The summed E-state index contributed by atoms with van der Waals surface area (Å²) in [5, 5.41) is 0. The Labute approximate surface area is 128 Å². The van der Waals surface area contributed by atoms with Gasteiger partial charge in [0.15, 0.2) is 11.6 Å². The number of ether oxygens (including phenoxy) is 1. The van der Waals surface area contributed by atoms with Crippen LogP contribution in [0.4, 0.5) is 4.39 Å². The molecule has 0 radical (unpaired) electrons. The summed E-state index contributed by atoms with van der Waals surface area (Å²) in [5.41, 5.74) is 5.36. The Balaban J connectivity index is 1.88. The Morgan fingerprint density at radius 3 is 2.77 bits per heavy atom. The molecule has 1 fully saturated rings. The van der Waals surface area contributed by atoms with Crippen molar-refractivity contribution in [2.45, 2.75) is 12.5 Å². The minimum absolute atomic E-state index is 0.0532. The Kier molecular flexibility index (Phi) is 5.32. The fourth-order valence-electron chi connectivity index (χ4n) is 2.42. The molecule has 0 unspecified atom stereocenters. The molecule has 0 aliphatic carbocycles. The van der Waals surface area contributed by atoms with Gasteiger partial charge in [0.25, 0.3) is 0 Å². The van der Waals surface area contributed by atoms with Gasteiger partial charge in [-0.2, -0.15) is 0 Å². The van der Waals surface area contributed by atoms with E-state index in [1.54, 1.807) is 12.1 Å². The number of benzene rings is 1. The van der Waals surface area contributed by atoms with Gasteiger partial charge in [-0.05, 0) is 19.2 Å². The second kappa shape index (κ2) is 7.22. The van der Waals surface area contributed by atoms with Crippen LogP contribution in [0.1, 0.15) is 6.42 Å². The molecule has 22 heavy (non-hydrogen) atoms. The predicted molar refractivity (Wildman–Crippen MR) is 78.7 cm³/mol. The monoisotopic (exact) mass is 309 g/mol. The van der Waals surface area contributed by atoms with E-state index < -0.39 is 17.8 Å². The van der Waals surface area contributed by atoms with Gasteiger partial charge in [-0.15, -0.1) is 0 Å². The quantitative estimate of drug-likeness (QED) is 0.844. The Morgan fingerprint density at radius 1 is 1.36 bits per heavy atom. The van der Waals surface area contributed by atoms with Gasteiger partial charge in [0.05, 0.1) is 13.0 Å². The number of carbonyl (C=O) groups is 2. The average molecular weight is 309 g/mol. The highest BCUT2D eigenvalue weighted by Crippen LogP contribution is 2.16. The highest BCUT2D eigenvalue weighted by atomic mass is 19.1. The molecule has 2 N–H and O–H groups in total. The highest BCUT2D eigenvalue weighted by molar-refractivity contribution is 5.87. The molecule has 7 heteroatoms. The van der Waals surface area contributed by atoms with E-state index in [2.05, 4.69) is 0 Å². The summed E-state index contributed by atoms with van der Waals surface area (Å²) in [4.78, 5) is 27.1. The summed E-state index contributed by atoms with van der Waals surface area (Å²) in [7, 11) is 1.87. The lowest BCUT2D eigenvalue weighted by molar-refractivity contribution is -0.142. The van der Waals surface area contributed by atoms with E-state index in [0.29, 0.717) is 19.6 Å². The molecule has 2 amide bonds. The molecule has 0 saturated carbocycles. The molecule has 1 aliphatic rings. The van der Waals surface area contributed by atoms with Gasteiger partial charge in [-0.25, -0.2) is 4.39 Å². The molecule has 120 valence electrons. The third-order valence-corrected chi connectivity index (χ3v) is 3.64. The van der Waals surface area contributed by atoms with Crippen LogP contribution in [0.15, 0.2) is 24.3 Å². The van der Waals surface area contributed by atoms with Gasteiger partial charge >= 0.3 is 0 Å². The summed E-state index contributed by atoms with van der Waals surface area (Å²) < 4.78 is 18.7. The number of hydrogen-bond donors (Lipinski definition) is 1. The SMILES string of the molecule is CN1CCN(C(=O)CCOc2ccccc2F)[C@H](C(N)=O)C1. The van der Waals surface area contributed by atoms with Crippen molar-refractivity contribution >= 4 is 11.8 Å². The first-order valence-electron chi connectivity index (χ1n) is 7.13. The van der Waals surface area contributed by atoms with Crippen molar-refractivity contribution in [3.8, 4) is 5.75 Å². The van der Waals surface area contributed by atoms with Crippen LogP contribution in [0, 0.1) is 5.82 Å². The largest absolute Gasteiger partial charge is 0.490 e. The Hall–Kier alpha value is -2.15. The van der Waals surface area contributed by atoms with Gasteiger partial charge in [-0.3, -0.25) is 9.59 Å². The van der Waals surface area contributed by atoms with Crippen molar-refractivity contribution in [1.82, 2.24) is 9.80 Å². The zero-order chi connectivity index (χ0) is 16.1. The van der Waals surface area contributed by atoms with Crippen molar-refractivity contribution in [2.75, 3.05) is 33.3 Å². The molecule has 0 bridgehead atoms. The van der Waals surface area contributed by atoms with Crippen LogP contribution in [-0.2, 0) is 9.59 Å². The van der Waals surface area contributed by atoms with E-state index >= 15 is 0 Å². The average Bonchev–Trinajstić information content (AvgIpc) is 2.49. The molecule has 0 spiro atoms. The molecule has 1 aromatic carbocycles. The van der Waals surface area contributed by atoms with Crippen LogP contribution in [0.25, 0.3) is 0 Å². The lowest BCUT2D eigenvalue weighted by Crippen LogP contribution is -2.59. The molecule has 1 atom stereocenters. The van der Waals surface area contributed by atoms with Crippen molar-refractivity contribution < 1.29 is 18.7 Å².